The fourth-order valence-electron chi connectivity index (χ4n) is 1.19. The molecule has 0 amide bonds. The summed E-state index contributed by atoms with van der Waals surface area (Å²) in [5, 5.41) is 19.1. The van der Waals surface area contributed by atoms with Crippen molar-refractivity contribution in [3.63, 3.8) is 0 Å². The number of hydrogen-bond donors (Lipinski definition) is 3. The first-order chi connectivity index (χ1) is 7.54. The second-order valence-corrected chi connectivity index (χ2v) is 3.48. The normalized spacial score (nSPS) is 11.3. The van der Waals surface area contributed by atoms with Gasteiger partial charge in [-0.2, -0.15) is 5.26 Å². The molecule has 4 nitrogen and oxygen atoms in total. The van der Waals surface area contributed by atoms with Crippen LogP contribution in [0.15, 0.2) is 35.7 Å². The Morgan fingerprint density at radius 2 is 1.88 bits per heavy atom. The van der Waals surface area contributed by atoms with Gasteiger partial charge in [-0.25, -0.2) is 0 Å². The van der Waals surface area contributed by atoms with E-state index in [1.807, 2.05) is 13.0 Å². The van der Waals surface area contributed by atoms with Gasteiger partial charge in [-0.05, 0) is 38.1 Å². The minimum absolute atomic E-state index is 0.332. The van der Waals surface area contributed by atoms with Crippen molar-refractivity contribution >= 4 is 11.4 Å². The molecule has 0 saturated carbocycles. The zero-order valence-electron chi connectivity index (χ0n) is 9.33. The van der Waals surface area contributed by atoms with Crippen LogP contribution in [-0.2, 0) is 0 Å². The molecule has 0 heterocycles. The van der Waals surface area contributed by atoms with E-state index in [4.69, 9.17) is 16.4 Å². The van der Waals surface area contributed by atoms with Gasteiger partial charge in [0.25, 0.3) is 0 Å². The summed E-state index contributed by atoms with van der Waals surface area (Å²) in [6.07, 6.45) is 0. The second kappa shape index (κ2) is 4.99. The lowest BCUT2D eigenvalue weighted by Crippen LogP contribution is -2.13. The van der Waals surface area contributed by atoms with E-state index in [0.29, 0.717) is 17.0 Å². The maximum Gasteiger partial charge on any atom is 0.0991 e. The summed E-state index contributed by atoms with van der Waals surface area (Å²) in [4.78, 5) is 0. The zero-order chi connectivity index (χ0) is 12.1. The highest BCUT2D eigenvalue weighted by atomic mass is 14.9. The van der Waals surface area contributed by atoms with Crippen LogP contribution in [0.25, 0.3) is 0 Å². The van der Waals surface area contributed by atoms with Crippen LogP contribution >= 0.6 is 0 Å². The number of nitrogens with two attached hydrogens (primary N) is 1. The molecule has 0 aliphatic heterocycles. The monoisotopic (exact) mass is 214 g/mol. The third-order valence-corrected chi connectivity index (χ3v) is 2.15. The van der Waals surface area contributed by atoms with E-state index in [1.165, 1.54) is 0 Å². The molecule has 1 rings (SSSR count). The molecule has 0 fully saturated rings. The van der Waals surface area contributed by atoms with Gasteiger partial charge in [0.1, 0.15) is 0 Å². The van der Waals surface area contributed by atoms with E-state index in [9.17, 15) is 0 Å². The number of hydrogen-bond acceptors (Lipinski definition) is 4. The number of nitriles is 1. The molecule has 1 aromatic carbocycles. The lowest BCUT2D eigenvalue weighted by atomic mass is 10.2. The predicted octanol–water partition coefficient (Wildman–Crippen LogP) is 2.20. The van der Waals surface area contributed by atoms with Gasteiger partial charge >= 0.3 is 0 Å². The predicted molar refractivity (Wildman–Crippen MR) is 65.1 cm³/mol. The van der Waals surface area contributed by atoms with Gasteiger partial charge in [0, 0.05) is 11.4 Å². The van der Waals surface area contributed by atoms with E-state index < -0.39 is 0 Å². The summed E-state index contributed by atoms with van der Waals surface area (Å²) in [5.74, 6) is 0. The Morgan fingerprint density at radius 1 is 1.31 bits per heavy atom. The summed E-state index contributed by atoms with van der Waals surface area (Å²) < 4.78 is 0. The highest BCUT2D eigenvalue weighted by molar-refractivity contribution is 5.95. The van der Waals surface area contributed by atoms with Crippen LogP contribution in [0.1, 0.15) is 19.4 Å². The van der Waals surface area contributed by atoms with Gasteiger partial charge in [0.15, 0.2) is 0 Å². The van der Waals surface area contributed by atoms with Crippen molar-refractivity contribution in [3.8, 4) is 6.07 Å². The second-order valence-electron chi connectivity index (χ2n) is 3.48. The topological polar surface area (TPSA) is 85.7 Å². The quantitative estimate of drug-likeness (QED) is 0.674. The maximum absolute atomic E-state index is 8.64. The van der Waals surface area contributed by atoms with E-state index in [-0.39, 0.29) is 0 Å². The van der Waals surface area contributed by atoms with Crippen LogP contribution in [0.5, 0.6) is 0 Å². The maximum atomic E-state index is 8.64. The van der Waals surface area contributed by atoms with Crippen molar-refractivity contribution in [3.05, 3.63) is 41.2 Å². The number of allylic oxidation sites excluding steroid dienone is 2. The van der Waals surface area contributed by atoms with Crippen molar-refractivity contribution < 1.29 is 0 Å². The molecule has 0 saturated heterocycles. The molecule has 0 aliphatic carbocycles. The standard InChI is InChI=1S/C12H14N4/c1-8(14)12(15)9(2)16-11-5-3-10(7-13)4-6-11/h3-6,14,16H,15H2,1-2H3/b12-9+,14-8?. The Morgan fingerprint density at radius 3 is 2.31 bits per heavy atom. The molecule has 0 aromatic heterocycles. The molecule has 82 valence electrons. The smallest absolute Gasteiger partial charge is 0.0991 e. The zero-order valence-corrected chi connectivity index (χ0v) is 9.33. The van der Waals surface area contributed by atoms with E-state index >= 15 is 0 Å². The first-order valence-electron chi connectivity index (χ1n) is 4.83. The highest BCUT2D eigenvalue weighted by Crippen LogP contribution is 2.12. The Hall–Kier alpha value is -2.28. The van der Waals surface area contributed by atoms with Gasteiger partial charge < -0.3 is 16.5 Å². The molecular weight excluding hydrogens is 200 g/mol. The summed E-state index contributed by atoms with van der Waals surface area (Å²) in [7, 11) is 0. The fraction of sp³-hybridized carbons (Fsp3) is 0.167. The third kappa shape index (κ3) is 2.85. The van der Waals surface area contributed by atoms with Crippen molar-refractivity contribution in [1.29, 1.82) is 10.7 Å². The first-order valence-corrected chi connectivity index (χ1v) is 4.83. The van der Waals surface area contributed by atoms with Crippen LogP contribution in [-0.4, -0.2) is 5.71 Å². The van der Waals surface area contributed by atoms with Gasteiger partial charge in [-0.3, -0.25) is 0 Å². The highest BCUT2D eigenvalue weighted by Gasteiger charge is 2.00. The van der Waals surface area contributed by atoms with Crippen LogP contribution in [0.2, 0.25) is 0 Å². The Bertz CT molecular complexity index is 463. The van der Waals surface area contributed by atoms with E-state index in [2.05, 4.69) is 5.32 Å². The SMILES string of the molecule is CC(=N)/C(N)=C(/C)Nc1ccc(C#N)cc1. The minimum atomic E-state index is 0.332. The van der Waals surface area contributed by atoms with Gasteiger partial charge in [0.05, 0.1) is 23.0 Å². The molecule has 0 spiro atoms. The number of anilines is 1. The summed E-state index contributed by atoms with van der Waals surface area (Å²) in [6.45, 7) is 3.45. The first kappa shape index (κ1) is 11.8. The largest absolute Gasteiger partial charge is 0.396 e. The van der Waals surface area contributed by atoms with Crippen molar-refractivity contribution in [1.82, 2.24) is 0 Å². The number of nitrogens with one attached hydrogen (secondary N) is 2. The van der Waals surface area contributed by atoms with Crippen LogP contribution in [0.3, 0.4) is 0 Å². The van der Waals surface area contributed by atoms with Crippen LogP contribution in [0.4, 0.5) is 5.69 Å². The van der Waals surface area contributed by atoms with Gasteiger partial charge in [0.2, 0.25) is 0 Å². The van der Waals surface area contributed by atoms with Crippen molar-refractivity contribution in [2.45, 2.75) is 13.8 Å². The molecule has 4 N–H and O–H groups in total. The van der Waals surface area contributed by atoms with Gasteiger partial charge in [-0.15, -0.1) is 0 Å². The summed E-state index contributed by atoms with van der Waals surface area (Å²) in [6, 6.07) is 9.10. The average molecular weight is 214 g/mol. The molecular formula is C12H14N4. The molecule has 0 aliphatic rings. The third-order valence-electron chi connectivity index (χ3n) is 2.15. The Kier molecular flexibility index (Phi) is 3.67. The minimum Gasteiger partial charge on any atom is -0.396 e. The molecule has 0 bridgehead atoms. The average Bonchev–Trinajstić information content (AvgIpc) is 2.28. The lowest BCUT2D eigenvalue weighted by Gasteiger charge is -2.09. The Labute approximate surface area is 94.9 Å². The van der Waals surface area contributed by atoms with Gasteiger partial charge in [-0.1, -0.05) is 0 Å². The van der Waals surface area contributed by atoms with E-state index in [1.54, 1.807) is 31.2 Å². The summed E-state index contributed by atoms with van der Waals surface area (Å²) >= 11 is 0. The molecule has 1 aromatic rings. The number of benzene rings is 1. The van der Waals surface area contributed by atoms with Crippen molar-refractivity contribution in [2.24, 2.45) is 5.73 Å². The summed E-state index contributed by atoms with van der Waals surface area (Å²) in [5.41, 5.74) is 8.67. The molecule has 4 heteroatoms. The molecule has 0 unspecified atom stereocenters. The van der Waals surface area contributed by atoms with Crippen LogP contribution in [0, 0.1) is 16.7 Å². The lowest BCUT2D eigenvalue weighted by molar-refractivity contribution is 1.25. The number of nitrogens with zero attached hydrogens (tertiary/aromatic N) is 1. The number of rotatable bonds is 3. The molecule has 0 atom stereocenters. The van der Waals surface area contributed by atoms with Crippen LogP contribution < -0.4 is 11.1 Å². The molecule has 16 heavy (non-hydrogen) atoms. The molecule has 0 radical (unpaired) electrons. The van der Waals surface area contributed by atoms with Crippen molar-refractivity contribution in [2.75, 3.05) is 5.32 Å². The Balaban J connectivity index is 2.86. The van der Waals surface area contributed by atoms with E-state index in [0.717, 1.165) is 11.4 Å². The fourth-order valence-corrected chi connectivity index (χ4v) is 1.19.